The Hall–Kier alpha value is -2.66. The zero-order valence-corrected chi connectivity index (χ0v) is 10.1. The van der Waals surface area contributed by atoms with E-state index in [-0.39, 0.29) is 11.3 Å². The van der Waals surface area contributed by atoms with Crippen molar-refractivity contribution in [3.63, 3.8) is 0 Å². The highest BCUT2D eigenvalue weighted by Crippen LogP contribution is 2.07. The summed E-state index contributed by atoms with van der Waals surface area (Å²) in [7, 11) is 0. The van der Waals surface area contributed by atoms with Gasteiger partial charge in [-0.1, -0.05) is 42.2 Å². The summed E-state index contributed by atoms with van der Waals surface area (Å²) >= 11 is 0. The van der Waals surface area contributed by atoms with E-state index in [1.54, 1.807) is 12.1 Å². The average molecular weight is 250 g/mol. The number of hydrogen-bond acceptors (Lipinski definition) is 1. The van der Waals surface area contributed by atoms with E-state index in [1.165, 1.54) is 24.3 Å². The van der Waals surface area contributed by atoms with Crippen LogP contribution >= 0.6 is 0 Å². The largest absolute Gasteiger partial charge is 0.289 e. The lowest BCUT2D eigenvalue weighted by molar-refractivity contribution is 0.104. The third kappa shape index (κ3) is 3.65. The number of rotatable bonds is 2. The van der Waals surface area contributed by atoms with E-state index in [4.69, 9.17) is 0 Å². The molecule has 0 saturated heterocycles. The highest BCUT2D eigenvalue weighted by molar-refractivity contribution is 6.04. The van der Waals surface area contributed by atoms with Crippen LogP contribution in [0, 0.1) is 17.7 Å². The van der Waals surface area contributed by atoms with Crippen molar-refractivity contribution < 1.29 is 9.18 Å². The Morgan fingerprint density at radius 1 is 1.00 bits per heavy atom. The van der Waals surface area contributed by atoms with Gasteiger partial charge in [0.2, 0.25) is 0 Å². The minimum absolute atomic E-state index is 0.0558. The zero-order valence-electron chi connectivity index (χ0n) is 10.1. The summed E-state index contributed by atoms with van der Waals surface area (Å²) in [5.74, 6) is 4.72. The van der Waals surface area contributed by atoms with Gasteiger partial charge in [-0.2, -0.15) is 0 Å². The molecule has 0 unspecified atom stereocenters. The molecule has 92 valence electrons. The van der Waals surface area contributed by atoms with Crippen molar-refractivity contribution in [2.24, 2.45) is 0 Å². The van der Waals surface area contributed by atoms with Gasteiger partial charge in [0.15, 0.2) is 5.78 Å². The Balaban J connectivity index is 2.07. The van der Waals surface area contributed by atoms with Gasteiger partial charge < -0.3 is 0 Å². The zero-order chi connectivity index (χ0) is 13.5. The first-order chi connectivity index (χ1) is 9.27. The molecule has 2 aromatic rings. The van der Waals surface area contributed by atoms with E-state index < -0.39 is 5.82 Å². The van der Waals surface area contributed by atoms with Crippen LogP contribution in [0.25, 0.3) is 0 Å². The first kappa shape index (κ1) is 12.8. The number of ketones is 1. The number of benzene rings is 2. The summed E-state index contributed by atoms with van der Waals surface area (Å²) in [6.45, 7) is 0. The summed E-state index contributed by atoms with van der Waals surface area (Å²) in [5.41, 5.74) is 0.922. The van der Waals surface area contributed by atoms with Gasteiger partial charge in [0, 0.05) is 5.56 Å². The van der Waals surface area contributed by atoms with Crippen LogP contribution in [0.1, 0.15) is 15.9 Å². The second kappa shape index (κ2) is 6.32. The van der Waals surface area contributed by atoms with Crippen molar-refractivity contribution in [3.05, 3.63) is 83.7 Å². The number of carbonyl (C=O) groups excluding carboxylic acids is 1. The predicted octanol–water partition coefficient (Wildman–Crippen LogP) is 3.62. The molecule has 2 heteroatoms. The summed E-state index contributed by atoms with van der Waals surface area (Å²) in [6.07, 6.45) is 2.70. The van der Waals surface area contributed by atoms with Gasteiger partial charge in [-0.05, 0) is 36.4 Å². The molecule has 1 nitrogen and oxygen atoms in total. The fourth-order valence-electron chi connectivity index (χ4n) is 1.51. The first-order valence-electron chi connectivity index (χ1n) is 5.79. The van der Waals surface area contributed by atoms with E-state index in [1.807, 2.05) is 30.3 Å². The van der Waals surface area contributed by atoms with E-state index in [0.29, 0.717) is 0 Å². The first-order valence-corrected chi connectivity index (χ1v) is 5.79. The van der Waals surface area contributed by atoms with Crippen LogP contribution in [0.4, 0.5) is 4.39 Å². The quantitative estimate of drug-likeness (QED) is 0.452. The molecular weight excluding hydrogens is 239 g/mol. The SMILES string of the molecule is O=C(/C=C/C#Cc1ccccc1)c1ccccc1F. The molecular formula is C17H11FO. The molecule has 0 aliphatic heterocycles. The molecule has 0 amide bonds. The monoisotopic (exact) mass is 250 g/mol. The molecule has 0 spiro atoms. The number of carbonyl (C=O) groups is 1. The minimum atomic E-state index is -0.520. The molecule has 0 saturated carbocycles. The maximum Gasteiger partial charge on any atom is 0.189 e. The molecule has 0 heterocycles. The Morgan fingerprint density at radius 2 is 1.68 bits per heavy atom. The Morgan fingerprint density at radius 3 is 2.42 bits per heavy atom. The second-order valence-corrected chi connectivity index (χ2v) is 3.81. The third-order valence-electron chi connectivity index (χ3n) is 2.45. The number of allylic oxidation sites excluding steroid dienone is 2. The van der Waals surface area contributed by atoms with Crippen molar-refractivity contribution >= 4 is 5.78 Å². The van der Waals surface area contributed by atoms with Crippen LogP contribution in [0.2, 0.25) is 0 Å². The molecule has 2 rings (SSSR count). The van der Waals surface area contributed by atoms with Gasteiger partial charge in [0.25, 0.3) is 0 Å². The van der Waals surface area contributed by atoms with Crippen molar-refractivity contribution in [2.75, 3.05) is 0 Å². The molecule has 0 radical (unpaired) electrons. The highest BCUT2D eigenvalue weighted by Gasteiger charge is 2.06. The molecule has 0 N–H and O–H groups in total. The Bertz CT molecular complexity index is 660. The van der Waals surface area contributed by atoms with Crippen molar-refractivity contribution in [3.8, 4) is 11.8 Å². The van der Waals surface area contributed by atoms with Gasteiger partial charge in [-0.3, -0.25) is 4.79 Å². The summed E-state index contributed by atoms with van der Waals surface area (Å²) in [4.78, 5) is 11.7. The lowest BCUT2D eigenvalue weighted by atomic mass is 10.1. The summed E-state index contributed by atoms with van der Waals surface area (Å²) < 4.78 is 13.3. The molecule has 0 aliphatic rings. The standard InChI is InChI=1S/C17H11FO/c18-16-12-6-5-11-15(16)17(19)13-7-4-10-14-8-2-1-3-9-14/h1-3,5-9,11-13H/b13-7+. The van der Waals surface area contributed by atoms with Crippen LogP contribution in [0.3, 0.4) is 0 Å². The van der Waals surface area contributed by atoms with Gasteiger partial charge in [0.05, 0.1) is 5.56 Å². The Labute approximate surface area is 111 Å². The molecule has 2 aromatic carbocycles. The van der Waals surface area contributed by atoms with Crippen LogP contribution in [-0.4, -0.2) is 5.78 Å². The molecule has 0 atom stereocenters. The van der Waals surface area contributed by atoms with E-state index >= 15 is 0 Å². The maximum absolute atomic E-state index is 13.3. The topological polar surface area (TPSA) is 17.1 Å². The Kier molecular flexibility index (Phi) is 4.25. The fourth-order valence-corrected chi connectivity index (χ4v) is 1.51. The van der Waals surface area contributed by atoms with E-state index in [9.17, 15) is 9.18 Å². The van der Waals surface area contributed by atoms with Crippen LogP contribution in [0.5, 0.6) is 0 Å². The predicted molar refractivity (Wildman–Crippen MR) is 73.2 cm³/mol. The molecule has 0 aromatic heterocycles. The van der Waals surface area contributed by atoms with Crippen molar-refractivity contribution in [1.29, 1.82) is 0 Å². The van der Waals surface area contributed by atoms with Crippen molar-refractivity contribution in [1.82, 2.24) is 0 Å². The highest BCUT2D eigenvalue weighted by atomic mass is 19.1. The minimum Gasteiger partial charge on any atom is -0.289 e. The summed E-state index contributed by atoms with van der Waals surface area (Å²) in [5, 5.41) is 0. The lowest BCUT2D eigenvalue weighted by Gasteiger charge is -1.95. The lowest BCUT2D eigenvalue weighted by Crippen LogP contribution is -1.97. The van der Waals surface area contributed by atoms with Gasteiger partial charge in [-0.25, -0.2) is 4.39 Å². The second-order valence-electron chi connectivity index (χ2n) is 3.81. The molecule has 0 bridgehead atoms. The van der Waals surface area contributed by atoms with Crippen molar-refractivity contribution in [2.45, 2.75) is 0 Å². The average Bonchev–Trinajstić information content (AvgIpc) is 2.45. The summed E-state index contributed by atoms with van der Waals surface area (Å²) in [6, 6.07) is 15.3. The molecule has 19 heavy (non-hydrogen) atoms. The van der Waals surface area contributed by atoms with Crippen LogP contribution in [0.15, 0.2) is 66.7 Å². The molecule has 0 fully saturated rings. The van der Waals surface area contributed by atoms with Gasteiger partial charge in [0.1, 0.15) is 5.82 Å². The van der Waals surface area contributed by atoms with Crippen LogP contribution in [-0.2, 0) is 0 Å². The normalized spacial score (nSPS) is 9.95. The van der Waals surface area contributed by atoms with Gasteiger partial charge >= 0.3 is 0 Å². The fraction of sp³-hybridized carbons (Fsp3) is 0. The van der Waals surface area contributed by atoms with Crippen LogP contribution < -0.4 is 0 Å². The maximum atomic E-state index is 13.3. The number of halogens is 1. The van der Waals surface area contributed by atoms with E-state index in [0.717, 1.165) is 5.56 Å². The third-order valence-corrected chi connectivity index (χ3v) is 2.45. The number of hydrogen-bond donors (Lipinski definition) is 0. The molecule has 0 aliphatic carbocycles. The smallest absolute Gasteiger partial charge is 0.189 e. The van der Waals surface area contributed by atoms with E-state index in [2.05, 4.69) is 11.8 Å². The van der Waals surface area contributed by atoms with Gasteiger partial charge in [-0.15, -0.1) is 0 Å².